The van der Waals surface area contributed by atoms with Crippen LogP contribution in [0, 0.1) is 0 Å². The Kier molecular flexibility index (Phi) is 4.99. The summed E-state index contributed by atoms with van der Waals surface area (Å²) in [4.78, 5) is 13.4. The second kappa shape index (κ2) is 7.16. The Bertz CT molecular complexity index is 667. The molecule has 2 aromatic carbocycles. The minimum absolute atomic E-state index is 0.348. The number of rotatable bonds is 4. The predicted molar refractivity (Wildman–Crippen MR) is 92.6 cm³/mol. The third-order valence-corrected chi connectivity index (χ3v) is 4.67. The summed E-state index contributed by atoms with van der Waals surface area (Å²) < 4.78 is 0. The van der Waals surface area contributed by atoms with E-state index in [1.54, 1.807) is 0 Å². The number of aliphatic carboxylic acids is 1. The number of carboxylic acids is 1. The zero-order valence-electron chi connectivity index (χ0n) is 12.9. The Morgan fingerprint density at radius 1 is 1.04 bits per heavy atom. The molecule has 1 heterocycles. The number of benzene rings is 2. The molecule has 3 nitrogen and oxygen atoms in total. The van der Waals surface area contributed by atoms with E-state index in [1.165, 1.54) is 0 Å². The second-order valence-corrected chi connectivity index (χ2v) is 6.46. The molecule has 3 rings (SSSR count). The van der Waals surface area contributed by atoms with Gasteiger partial charge in [0.2, 0.25) is 0 Å². The Hall–Kier alpha value is -1.84. The molecule has 2 aromatic rings. The van der Waals surface area contributed by atoms with Crippen molar-refractivity contribution in [2.45, 2.75) is 31.8 Å². The van der Waals surface area contributed by atoms with Gasteiger partial charge in [-0.05, 0) is 48.2 Å². The van der Waals surface area contributed by atoms with Crippen LogP contribution in [0.3, 0.4) is 0 Å². The quantitative estimate of drug-likeness (QED) is 0.901. The molecule has 1 aliphatic rings. The fraction of sp³-hybridized carbons (Fsp3) is 0.316. The number of hydrogen-bond donors (Lipinski definition) is 1. The zero-order valence-corrected chi connectivity index (χ0v) is 13.7. The third kappa shape index (κ3) is 3.92. The summed E-state index contributed by atoms with van der Waals surface area (Å²) in [6.45, 7) is 1.55. The molecular formula is C19H20ClNO2. The molecule has 0 aliphatic carbocycles. The molecular weight excluding hydrogens is 310 g/mol. The minimum atomic E-state index is -0.706. The monoisotopic (exact) mass is 329 g/mol. The number of carbonyl (C=O) groups is 1. The summed E-state index contributed by atoms with van der Waals surface area (Å²) in [5.74, 6) is -0.706. The lowest BCUT2D eigenvalue weighted by Crippen LogP contribution is -2.43. The lowest BCUT2D eigenvalue weighted by Gasteiger charge is -2.32. The van der Waals surface area contributed by atoms with Gasteiger partial charge in [0.05, 0.1) is 0 Å². The first kappa shape index (κ1) is 16.0. The first-order chi connectivity index (χ1) is 11.1. The van der Waals surface area contributed by atoms with E-state index in [0.717, 1.165) is 47.5 Å². The SMILES string of the molecule is O=C(O)C1CCCCN1Cc1ccc(-c2ccc(Cl)cc2)cc1. The van der Waals surface area contributed by atoms with Crippen LogP contribution < -0.4 is 0 Å². The van der Waals surface area contributed by atoms with Crippen molar-refractivity contribution in [3.8, 4) is 11.1 Å². The molecule has 1 saturated heterocycles. The molecule has 0 spiro atoms. The van der Waals surface area contributed by atoms with E-state index in [4.69, 9.17) is 11.6 Å². The van der Waals surface area contributed by atoms with Gasteiger partial charge in [-0.15, -0.1) is 0 Å². The van der Waals surface area contributed by atoms with Gasteiger partial charge in [0.25, 0.3) is 0 Å². The molecule has 1 unspecified atom stereocenters. The van der Waals surface area contributed by atoms with E-state index < -0.39 is 5.97 Å². The summed E-state index contributed by atoms with van der Waals surface area (Å²) in [6.07, 6.45) is 2.83. The number of nitrogens with zero attached hydrogens (tertiary/aromatic N) is 1. The van der Waals surface area contributed by atoms with E-state index in [2.05, 4.69) is 29.2 Å². The Morgan fingerprint density at radius 2 is 1.65 bits per heavy atom. The molecule has 0 amide bonds. The molecule has 0 bridgehead atoms. The van der Waals surface area contributed by atoms with Crippen molar-refractivity contribution in [2.24, 2.45) is 0 Å². The van der Waals surface area contributed by atoms with Gasteiger partial charge in [-0.1, -0.05) is 54.4 Å². The summed E-state index contributed by atoms with van der Waals surface area (Å²) in [5, 5.41) is 10.1. The molecule has 23 heavy (non-hydrogen) atoms. The van der Waals surface area contributed by atoms with Crippen molar-refractivity contribution in [3.63, 3.8) is 0 Å². The highest BCUT2D eigenvalue weighted by molar-refractivity contribution is 6.30. The summed E-state index contributed by atoms with van der Waals surface area (Å²) in [7, 11) is 0. The van der Waals surface area contributed by atoms with Crippen LogP contribution in [0.1, 0.15) is 24.8 Å². The largest absolute Gasteiger partial charge is 0.480 e. The predicted octanol–water partition coefficient (Wildman–Crippen LogP) is 4.45. The smallest absolute Gasteiger partial charge is 0.320 e. The van der Waals surface area contributed by atoms with Gasteiger partial charge < -0.3 is 5.11 Å². The minimum Gasteiger partial charge on any atom is -0.480 e. The number of likely N-dealkylation sites (tertiary alicyclic amines) is 1. The van der Waals surface area contributed by atoms with Crippen LogP contribution in [0.2, 0.25) is 5.02 Å². The van der Waals surface area contributed by atoms with Crippen LogP contribution in [0.4, 0.5) is 0 Å². The lowest BCUT2D eigenvalue weighted by molar-refractivity contribution is -0.144. The first-order valence-corrected chi connectivity index (χ1v) is 8.33. The highest BCUT2D eigenvalue weighted by Gasteiger charge is 2.28. The van der Waals surface area contributed by atoms with Gasteiger partial charge in [-0.25, -0.2) is 0 Å². The molecule has 4 heteroatoms. The lowest BCUT2D eigenvalue weighted by atomic mass is 10.00. The van der Waals surface area contributed by atoms with Crippen molar-refractivity contribution in [3.05, 3.63) is 59.1 Å². The Labute approximate surface area is 141 Å². The topological polar surface area (TPSA) is 40.5 Å². The first-order valence-electron chi connectivity index (χ1n) is 7.95. The summed E-state index contributed by atoms with van der Waals surface area (Å²) >= 11 is 5.92. The van der Waals surface area contributed by atoms with E-state index >= 15 is 0 Å². The maximum absolute atomic E-state index is 11.4. The maximum atomic E-state index is 11.4. The number of halogens is 1. The average Bonchev–Trinajstić information content (AvgIpc) is 2.57. The van der Waals surface area contributed by atoms with Crippen molar-refractivity contribution in [1.82, 2.24) is 4.90 Å². The molecule has 1 atom stereocenters. The van der Waals surface area contributed by atoms with Crippen molar-refractivity contribution >= 4 is 17.6 Å². The van der Waals surface area contributed by atoms with Gasteiger partial charge in [0.1, 0.15) is 6.04 Å². The van der Waals surface area contributed by atoms with E-state index in [9.17, 15) is 9.90 Å². The van der Waals surface area contributed by atoms with Crippen molar-refractivity contribution < 1.29 is 9.90 Å². The van der Waals surface area contributed by atoms with Crippen molar-refractivity contribution in [2.75, 3.05) is 6.54 Å². The van der Waals surface area contributed by atoms with Crippen LogP contribution >= 0.6 is 11.6 Å². The van der Waals surface area contributed by atoms with Crippen LogP contribution in [0.15, 0.2) is 48.5 Å². The van der Waals surface area contributed by atoms with Crippen molar-refractivity contribution in [1.29, 1.82) is 0 Å². The van der Waals surface area contributed by atoms with E-state index in [1.807, 2.05) is 24.3 Å². The zero-order chi connectivity index (χ0) is 16.2. The molecule has 1 aliphatic heterocycles. The third-order valence-electron chi connectivity index (χ3n) is 4.42. The van der Waals surface area contributed by atoms with Crippen LogP contribution in [0.5, 0.6) is 0 Å². The van der Waals surface area contributed by atoms with Crippen LogP contribution in [-0.2, 0) is 11.3 Å². The Morgan fingerprint density at radius 3 is 2.26 bits per heavy atom. The number of hydrogen-bond acceptors (Lipinski definition) is 2. The molecule has 1 fully saturated rings. The maximum Gasteiger partial charge on any atom is 0.320 e. The normalized spacial score (nSPS) is 18.7. The van der Waals surface area contributed by atoms with Gasteiger partial charge >= 0.3 is 5.97 Å². The molecule has 0 aromatic heterocycles. The van der Waals surface area contributed by atoms with Gasteiger partial charge in [0, 0.05) is 11.6 Å². The fourth-order valence-corrected chi connectivity index (χ4v) is 3.27. The fourth-order valence-electron chi connectivity index (χ4n) is 3.14. The van der Waals surface area contributed by atoms with Crippen LogP contribution in [0.25, 0.3) is 11.1 Å². The second-order valence-electron chi connectivity index (χ2n) is 6.02. The number of piperidine rings is 1. The van der Waals surface area contributed by atoms with Crippen LogP contribution in [-0.4, -0.2) is 28.6 Å². The molecule has 0 saturated carbocycles. The molecule has 1 N–H and O–H groups in total. The van der Waals surface area contributed by atoms with E-state index in [-0.39, 0.29) is 6.04 Å². The Balaban J connectivity index is 1.72. The standard InChI is InChI=1S/C19H20ClNO2/c20-17-10-8-16(9-11-17)15-6-4-14(5-7-15)13-21-12-2-1-3-18(21)19(22)23/h4-11,18H,1-3,12-13H2,(H,22,23). The molecule has 0 radical (unpaired) electrons. The van der Waals surface area contributed by atoms with Gasteiger partial charge in [0.15, 0.2) is 0 Å². The summed E-state index contributed by atoms with van der Waals surface area (Å²) in [5.41, 5.74) is 3.41. The highest BCUT2D eigenvalue weighted by Crippen LogP contribution is 2.24. The van der Waals surface area contributed by atoms with E-state index in [0.29, 0.717) is 6.54 Å². The van der Waals surface area contributed by atoms with Gasteiger partial charge in [-0.3, -0.25) is 9.69 Å². The van der Waals surface area contributed by atoms with Gasteiger partial charge in [-0.2, -0.15) is 0 Å². The molecule has 120 valence electrons. The summed E-state index contributed by atoms with van der Waals surface area (Å²) in [6, 6.07) is 15.8. The average molecular weight is 330 g/mol. The highest BCUT2D eigenvalue weighted by atomic mass is 35.5. The number of carboxylic acid groups (broad SMARTS) is 1.